The van der Waals surface area contributed by atoms with Crippen molar-refractivity contribution in [1.29, 1.82) is 0 Å². The Morgan fingerprint density at radius 2 is 1.94 bits per heavy atom. The predicted octanol–water partition coefficient (Wildman–Crippen LogP) is 1.72. The minimum absolute atomic E-state index is 0.182. The summed E-state index contributed by atoms with van der Waals surface area (Å²) in [7, 11) is 3.44. The third-order valence-corrected chi connectivity index (χ3v) is 5.51. The van der Waals surface area contributed by atoms with Gasteiger partial charge in [0.1, 0.15) is 18.1 Å². The second kappa shape index (κ2) is 7.90. The number of nitrogens with two attached hydrogens (primary N) is 1. The number of nitrogens with zero attached hydrogens (tertiary/aromatic N) is 6. The van der Waals surface area contributed by atoms with Gasteiger partial charge in [0, 0.05) is 36.8 Å². The molecule has 4 heterocycles. The molecule has 0 amide bonds. The second-order valence-electron chi connectivity index (χ2n) is 7.72. The smallest absolute Gasteiger partial charge is 0.411 e. The van der Waals surface area contributed by atoms with Gasteiger partial charge in [-0.3, -0.25) is 5.73 Å². The zero-order valence-electron chi connectivity index (χ0n) is 18.5. The SMILES string of the molecule is COc1cc(-c2c(-c3ccccc3)[nH+]c(N)n3c(=O)n(Cc4nccn4C)nc23)cc(C)n1. The molecule has 0 atom stereocenters. The van der Waals surface area contributed by atoms with E-state index < -0.39 is 0 Å². The maximum atomic E-state index is 13.3. The average Bonchev–Trinajstić information content (AvgIpc) is 3.37. The molecular formula is C23H23N8O2+. The molecule has 0 aliphatic carbocycles. The first-order chi connectivity index (χ1) is 16.0. The van der Waals surface area contributed by atoms with Crippen molar-refractivity contribution in [3.63, 3.8) is 0 Å². The first kappa shape index (κ1) is 20.4. The van der Waals surface area contributed by atoms with Gasteiger partial charge in [0.2, 0.25) is 11.5 Å². The summed E-state index contributed by atoms with van der Waals surface area (Å²) in [6, 6.07) is 13.5. The zero-order chi connectivity index (χ0) is 23.1. The van der Waals surface area contributed by atoms with E-state index in [1.54, 1.807) is 13.3 Å². The standard InChI is InChI=1S/C23H22N8O2/c1-14-11-16(12-18(26-14)33-3)19-20(15-7-5-4-6-8-15)27-22(24)31-21(19)28-30(23(31)32)13-17-25-9-10-29(17)2/h4-12H,13H2,1-3H3,(H2,24,27)/p+1. The highest BCUT2D eigenvalue weighted by Crippen LogP contribution is 2.34. The Kier molecular flexibility index (Phi) is 4.89. The minimum atomic E-state index is -0.361. The summed E-state index contributed by atoms with van der Waals surface area (Å²) in [5.74, 6) is 1.35. The lowest BCUT2D eigenvalue weighted by atomic mass is 10.00. The number of fused-ring (bicyclic) bond motifs is 1. The summed E-state index contributed by atoms with van der Waals surface area (Å²) < 4.78 is 9.99. The van der Waals surface area contributed by atoms with Crippen molar-refractivity contribution in [2.75, 3.05) is 12.8 Å². The highest BCUT2D eigenvalue weighted by molar-refractivity contribution is 5.89. The molecule has 0 saturated carbocycles. The number of H-pyrrole nitrogens is 1. The number of nitrogens with one attached hydrogen (secondary N) is 1. The van der Waals surface area contributed by atoms with E-state index in [1.807, 2.05) is 67.2 Å². The number of aromatic nitrogens is 7. The van der Waals surface area contributed by atoms with Gasteiger partial charge in [-0.2, -0.15) is 4.68 Å². The number of hydrogen-bond donors (Lipinski definition) is 1. The molecule has 0 aliphatic heterocycles. The van der Waals surface area contributed by atoms with Crippen molar-refractivity contribution >= 4 is 11.6 Å². The maximum Gasteiger partial charge on any atom is 0.411 e. The molecule has 10 heteroatoms. The third kappa shape index (κ3) is 3.51. The lowest BCUT2D eigenvalue weighted by molar-refractivity contribution is -0.351. The molecule has 0 saturated heterocycles. The number of pyridine rings is 1. The zero-order valence-corrected chi connectivity index (χ0v) is 18.5. The van der Waals surface area contributed by atoms with Gasteiger partial charge < -0.3 is 9.30 Å². The van der Waals surface area contributed by atoms with Crippen LogP contribution < -0.4 is 21.1 Å². The Labute approximate surface area is 188 Å². The van der Waals surface area contributed by atoms with Crippen LogP contribution in [0.3, 0.4) is 0 Å². The Hall–Kier alpha value is -4.47. The van der Waals surface area contributed by atoms with E-state index in [9.17, 15) is 4.79 Å². The number of aryl methyl sites for hydroxylation is 2. The van der Waals surface area contributed by atoms with E-state index in [4.69, 9.17) is 10.5 Å². The van der Waals surface area contributed by atoms with Crippen molar-refractivity contribution in [2.45, 2.75) is 13.5 Å². The van der Waals surface area contributed by atoms with Gasteiger partial charge >= 0.3 is 11.6 Å². The van der Waals surface area contributed by atoms with Crippen LogP contribution in [-0.2, 0) is 13.6 Å². The summed E-state index contributed by atoms with van der Waals surface area (Å²) in [6.45, 7) is 2.10. The molecule has 166 valence electrons. The first-order valence-electron chi connectivity index (χ1n) is 10.3. The van der Waals surface area contributed by atoms with Crippen LogP contribution in [-0.4, -0.2) is 35.8 Å². The van der Waals surface area contributed by atoms with Crippen molar-refractivity contribution in [3.05, 3.63) is 76.9 Å². The monoisotopic (exact) mass is 443 g/mol. The van der Waals surface area contributed by atoms with Gasteiger partial charge in [0.15, 0.2) is 0 Å². The summed E-state index contributed by atoms with van der Waals surface area (Å²) in [6.07, 6.45) is 3.51. The molecule has 0 radical (unpaired) electrons. The summed E-state index contributed by atoms with van der Waals surface area (Å²) in [5.41, 5.74) is 10.3. The average molecular weight is 443 g/mol. The molecule has 0 spiro atoms. The molecule has 4 aromatic heterocycles. The minimum Gasteiger partial charge on any atom is -0.481 e. The highest BCUT2D eigenvalue weighted by atomic mass is 16.5. The van der Waals surface area contributed by atoms with Crippen molar-refractivity contribution in [1.82, 2.24) is 28.7 Å². The molecule has 5 rings (SSSR count). The molecule has 10 nitrogen and oxygen atoms in total. The molecule has 3 N–H and O–H groups in total. The van der Waals surface area contributed by atoms with Crippen LogP contribution in [0.4, 0.5) is 5.95 Å². The lowest BCUT2D eigenvalue weighted by Crippen LogP contribution is -2.28. The maximum absolute atomic E-state index is 13.3. The van der Waals surface area contributed by atoms with E-state index in [1.165, 1.54) is 9.08 Å². The van der Waals surface area contributed by atoms with Gasteiger partial charge in [-0.15, -0.1) is 9.50 Å². The van der Waals surface area contributed by atoms with E-state index >= 15 is 0 Å². The molecule has 0 aliphatic rings. The summed E-state index contributed by atoms with van der Waals surface area (Å²) in [5, 5.41) is 4.69. The van der Waals surface area contributed by atoms with Gasteiger partial charge in [0.25, 0.3) is 0 Å². The molecule has 0 bridgehead atoms. The fourth-order valence-electron chi connectivity index (χ4n) is 3.91. The number of imidazole rings is 1. The number of benzene rings is 1. The number of nitrogen functional groups attached to an aromatic ring is 1. The van der Waals surface area contributed by atoms with Gasteiger partial charge in [-0.05, 0) is 18.6 Å². The molecule has 0 fully saturated rings. The number of aromatic amines is 1. The van der Waals surface area contributed by atoms with Crippen LogP contribution in [0.5, 0.6) is 5.88 Å². The van der Waals surface area contributed by atoms with Crippen LogP contribution >= 0.6 is 0 Å². The van der Waals surface area contributed by atoms with Crippen molar-refractivity contribution in [2.24, 2.45) is 7.05 Å². The van der Waals surface area contributed by atoms with E-state index in [2.05, 4.69) is 20.1 Å². The quantitative estimate of drug-likeness (QED) is 0.442. The molecule has 0 unspecified atom stereocenters. The Bertz CT molecular complexity index is 1530. The lowest BCUT2D eigenvalue weighted by Gasteiger charge is -2.10. The van der Waals surface area contributed by atoms with Crippen LogP contribution in [0, 0.1) is 6.92 Å². The van der Waals surface area contributed by atoms with E-state index in [-0.39, 0.29) is 18.2 Å². The third-order valence-electron chi connectivity index (χ3n) is 5.51. The van der Waals surface area contributed by atoms with Crippen LogP contribution in [0.15, 0.2) is 59.7 Å². The van der Waals surface area contributed by atoms with Gasteiger partial charge in [-0.25, -0.2) is 19.7 Å². The Balaban J connectivity index is 1.84. The topological polar surface area (TPSA) is 119 Å². The predicted molar refractivity (Wildman–Crippen MR) is 123 cm³/mol. The molecule has 33 heavy (non-hydrogen) atoms. The fourth-order valence-corrected chi connectivity index (χ4v) is 3.91. The normalized spacial score (nSPS) is 11.2. The van der Waals surface area contributed by atoms with Gasteiger partial charge in [-0.1, -0.05) is 30.3 Å². The highest BCUT2D eigenvalue weighted by Gasteiger charge is 2.26. The Morgan fingerprint density at radius 3 is 2.64 bits per heavy atom. The number of methoxy groups -OCH3 is 1. The number of rotatable bonds is 5. The van der Waals surface area contributed by atoms with Crippen LogP contribution in [0.1, 0.15) is 11.5 Å². The second-order valence-corrected chi connectivity index (χ2v) is 7.72. The van der Waals surface area contributed by atoms with Crippen molar-refractivity contribution in [3.8, 4) is 28.3 Å². The largest absolute Gasteiger partial charge is 0.481 e. The number of hydrogen-bond acceptors (Lipinski definition) is 6. The van der Waals surface area contributed by atoms with E-state index in [0.717, 1.165) is 28.1 Å². The van der Waals surface area contributed by atoms with E-state index in [0.29, 0.717) is 17.4 Å². The molecular weight excluding hydrogens is 420 g/mol. The number of ether oxygens (including phenoxy) is 1. The molecule has 5 aromatic rings. The summed E-state index contributed by atoms with van der Waals surface area (Å²) in [4.78, 5) is 25.2. The Morgan fingerprint density at radius 1 is 1.15 bits per heavy atom. The fraction of sp³-hybridized carbons (Fsp3) is 0.174. The van der Waals surface area contributed by atoms with Crippen LogP contribution in [0.25, 0.3) is 28.0 Å². The van der Waals surface area contributed by atoms with Crippen LogP contribution in [0.2, 0.25) is 0 Å². The number of anilines is 1. The van der Waals surface area contributed by atoms with Gasteiger partial charge in [0.05, 0.1) is 12.7 Å². The molecule has 1 aromatic carbocycles. The first-order valence-corrected chi connectivity index (χ1v) is 10.3. The summed E-state index contributed by atoms with van der Waals surface area (Å²) >= 11 is 0. The van der Waals surface area contributed by atoms with Crippen molar-refractivity contribution < 1.29 is 9.72 Å².